The minimum atomic E-state index is -3.80. The third kappa shape index (κ3) is 7.68. The van der Waals surface area contributed by atoms with Crippen molar-refractivity contribution in [1.82, 2.24) is 0 Å². The van der Waals surface area contributed by atoms with Crippen molar-refractivity contribution >= 4 is 15.8 Å². The quantitative estimate of drug-likeness (QED) is 0.404. The van der Waals surface area contributed by atoms with Crippen LogP contribution in [-0.4, -0.2) is 31.0 Å². The fourth-order valence-corrected chi connectivity index (χ4v) is 1.12. The van der Waals surface area contributed by atoms with Crippen molar-refractivity contribution < 1.29 is 13.0 Å². The summed E-state index contributed by atoms with van der Waals surface area (Å²) < 4.78 is 28.9. The SMILES string of the molecule is CCC(C)=NCCCS(=O)(=O)O. The van der Waals surface area contributed by atoms with Gasteiger partial charge in [-0.25, -0.2) is 0 Å². The van der Waals surface area contributed by atoms with Gasteiger partial charge < -0.3 is 0 Å². The summed E-state index contributed by atoms with van der Waals surface area (Å²) in [4.78, 5) is 4.09. The van der Waals surface area contributed by atoms with Crippen molar-refractivity contribution in [2.24, 2.45) is 4.99 Å². The second-order valence-corrected chi connectivity index (χ2v) is 4.18. The molecule has 4 nitrogen and oxygen atoms in total. The van der Waals surface area contributed by atoms with Crippen LogP contribution in [0.25, 0.3) is 0 Å². The first-order chi connectivity index (χ1) is 5.45. The van der Waals surface area contributed by atoms with Crippen LogP contribution in [0.2, 0.25) is 0 Å². The zero-order valence-corrected chi connectivity index (χ0v) is 8.26. The van der Waals surface area contributed by atoms with Gasteiger partial charge in [0.1, 0.15) is 0 Å². The normalized spacial score (nSPS) is 13.4. The molecule has 0 aromatic heterocycles. The Balaban J connectivity index is 3.59. The molecule has 0 fully saturated rings. The van der Waals surface area contributed by atoms with E-state index in [0.717, 1.165) is 12.1 Å². The molecule has 12 heavy (non-hydrogen) atoms. The van der Waals surface area contributed by atoms with Crippen LogP contribution >= 0.6 is 0 Å². The van der Waals surface area contributed by atoms with E-state index in [0.29, 0.717) is 13.0 Å². The van der Waals surface area contributed by atoms with Gasteiger partial charge in [-0.15, -0.1) is 0 Å². The van der Waals surface area contributed by atoms with Gasteiger partial charge in [0.05, 0.1) is 5.75 Å². The second kappa shape index (κ2) is 5.27. The predicted molar refractivity (Wildman–Crippen MR) is 49.3 cm³/mol. The predicted octanol–water partition coefficient (Wildman–Crippen LogP) is 1.14. The molecule has 0 saturated heterocycles. The van der Waals surface area contributed by atoms with E-state index in [-0.39, 0.29) is 5.75 Å². The van der Waals surface area contributed by atoms with Gasteiger partial charge in [0.2, 0.25) is 0 Å². The third-order valence-corrected chi connectivity index (χ3v) is 2.26. The average molecular weight is 193 g/mol. The number of rotatable bonds is 5. The van der Waals surface area contributed by atoms with Gasteiger partial charge in [-0.2, -0.15) is 8.42 Å². The highest BCUT2D eigenvalue weighted by Crippen LogP contribution is 1.91. The van der Waals surface area contributed by atoms with E-state index in [1.807, 2.05) is 13.8 Å². The summed E-state index contributed by atoms with van der Waals surface area (Å²) in [5, 5.41) is 0. The van der Waals surface area contributed by atoms with E-state index in [1.165, 1.54) is 0 Å². The number of hydrogen-bond donors (Lipinski definition) is 1. The zero-order chi connectivity index (χ0) is 9.61. The van der Waals surface area contributed by atoms with Crippen LogP contribution in [0.5, 0.6) is 0 Å². The lowest BCUT2D eigenvalue weighted by Crippen LogP contribution is -2.05. The van der Waals surface area contributed by atoms with Crippen LogP contribution in [-0.2, 0) is 10.1 Å². The molecular formula is C7H15NO3S. The summed E-state index contributed by atoms with van der Waals surface area (Å²) in [7, 11) is -3.80. The molecule has 0 saturated carbocycles. The summed E-state index contributed by atoms with van der Waals surface area (Å²) in [5.41, 5.74) is 1.00. The zero-order valence-electron chi connectivity index (χ0n) is 7.45. The average Bonchev–Trinajstić information content (AvgIpc) is 1.96. The van der Waals surface area contributed by atoms with Crippen LogP contribution in [0.4, 0.5) is 0 Å². The molecule has 0 aliphatic heterocycles. The highest BCUT2D eigenvalue weighted by atomic mass is 32.2. The van der Waals surface area contributed by atoms with Gasteiger partial charge in [-0.3, -0.25) is 9.55 Å². The third-order valence-electron chi connectivity index (χ3n) is 1.45. The van der Waals surface area contributed by atoms with Crippen LogP contribution in [0, 0.1) is 0 Å². The summed E-state index contributed by atoms with van der Waals surface area (Å²) in [6, 6.07) is 0. The molecule has 5 heteroatoms. The summed E-state index contributed by atoms with van der Waals surface area (Å²) in [6.07, 6.45) is 1.27. The van der Waals surface area contributed by atoms with Crippen molar-refractivity contribution in [3.05, 3.63) is 0 Å². The van der Waals surface area contributed by atoms with Gasteiger partial charge in [0.25, 0.3) is 10.1 Å². The Hall–Kier alpha value is -0.420. The molecule has 0 radical (unpaired) electrons. The fourth-order valence-electron chi connectivity index (χ4n) is 0.629. The lowest BCUT2D eigenvalue weighted by molar-refractivity contribution is 0.481. The van der Waals surface area contributed by atoms with Gasteiger partial charge in [0.15, 0.2) is 0 Å². The Kier molecular flexibility index (Phi) is 5.08. The second-order valence-electron chi connectivity index (χ2n) is 2.61. The summed E-state index contributed by atoms with van der Waals surface area (Å²) >= 11 is 0. The molecule has 0 heterocycles. The Bertz CT molecular complexity index is 243. The fraction of sp³-hybridized carbons (Fsp3) is 0.857. The topological polar surface area (TPSA) is 66.7 Å². The maximum absolute atomic E-state index is 10.3. The molecule has 0 bridgehead atoms. The van der Waals surface area contributed by atoms with E-state index >= 15 is 0 Å². The number of aliphatic imine (C=N–C) groups is 1. The van der Waals surface area contributed by atoms with Crippen molar-refractivity contribution in [2.75, 3.05) is 12.3 Å². The van der Waals surface area contributed by atoms with Crippen molar-refractivity contribution in [3.8, 4) is 0 Å². The Morgan fingerprint density at radius 2 is 2.08 bits per heavy atom. The number of hydrogen-bond acceptors (Lipinski definition) is 3. The van der Waals surface area contributed by atoms with E-state index < -0.39 is 10.1 Å². The van der Waals surface area contributed by atoms with Gasteiger partial charge in [-0.05, 0) is 19.8 Å². The minimum Gasteiger partial charge on any atom is -0.294 e. The summed E-state index contributed by atoms with van der Waals surface area (Å²) in [6.45, 7) is 4.36. The summed E-state index contributed by atoms with van der Waals surface area (Å²) in [5.74, 6) is -0.201. The van der Waals surface area contributed by atoms with Crippen LogP contribution in [0.1, 0.15) is 26.7 Å². The Labute approximate surface area is 73.5 Å². The first-order valence-electron chi connectivity index (χ1n) is 3.91. The maximum Gasteiger partial charge on any atom is 0.264 e. The molecule has 0 unspecified atom stereocenters. The molecular weight excluding hydrogens is 178 g/mol. The van der Waals surface area contributed by atoms with E-state index in [9.17, 15) is 8.42 Å². The van der Waals surface area contributed by atoms with Crippen molar-refractivity contribution in [1.29, 1.82) is 0 Å². The molecule has 0 atom stereocenters. The van der Waals surface area contributed by atoms with Gasteiger partial charge >= 0.3 is 0 Å². The van der Waals surface area contributed by atoms with Crippen molar-refractivity contribution in [3.63, 3.8) is 0 Å². The Morgan fingerprint density at radius 1 is 1.50 bits per heavy atom. The molecule has 0 amide bonds. The Morgan fingerprint density at radius 3 is 2.50 bits per heavy atom. The molecule has 0 aliphatic rings. The van der Waals surface area contributed by atoms with Gasteiger partial charge in [-0.1, -0.05) is 6.92 Å². The smallest absolute Gasteiger partial charge is 0.264 e. The molecule has 0 aromatic carbocycles. The minimum absolute atomic E-state index is 0.201. The van der Waals surface area contributed by atoms with Crippen LogP contribution < -0.4 is 0 Å². The molecule has 1 N–H and O–H groups in total. The lowest BCUT2D eigenvalue weighted by atomic mass is 10.3. The monoisotopic (exact) mass is 193 g/mol. The molecule has 0 aliphatic carbocycles. The van der Waals surface area contributed by atoms with E-state index in [4.69, 9.17) is 4.55 Å². The largest absolute Gasteiger partial charge is 0.294 e. The first-order valence-corrected chi connectivity index (χ1v) is 5.51. The highest BCUT2D eigenvalue weighted by molar-refractivity contribution is 7.85. The van der Waals surface area contributed by atoms with Crippen LogP contribution in [0.15, 0.2) is 4.99 Å². The van der Waals surface area contributed by atoms with Gasteiger partial charge in [0, 0.05) is 12.3 Å². The molecule has 0 rings (SSSR count). The highest BCUT2D eigenvalue weighted by Gasteiger charge is 2.01. The van der Waals surface area contributed by atoms with E-state index in [1.54, 1.807) is 0 Å². The van der Waals surface area contributed by atoms with Crippen molar-refractivity contribution in [2.45, 2.75) is 26.7 Å². The lowest BCUT2D eigenvalue weighted by Gasteiger charge is -1.96. The maximum atomic E-state index is 10.3. The first kappa shape index (κ1) is 11.6. The molecule has 72 valence electrons. The molecule has 0 spiro atoms. The number of nitrogens with zero attached hydrogens (tertiary/aromatic N) is 1. The van der Waals surface area contributed by atoms with Crippen LogP contribution in [0.3, 0.4) is 0 Å². The van der Waals surface area contributed by atoms with E-state index in [2.05, 4.69) is 4.99 Å². The standard InChI is InChI=1S/C7H15NO3S/c1-3-7(2)8-5-4-6-12(9,10)11/h3-6H2,1-2H3,(H,9,10,11). The molecule has 0 aromatic rings.